The van der Waals surface area contributed by atoms with Crippen LogP contribution in [0.5, 0.6) is 0 Å². The average molecular weight is 268 g/mol. The molecule has 1 aromatic heterocycles. The van der Waals surface area contributed by atoms with E-state index in [1.807, 2.05) is 30.3 Å². The summed E-state index contributed by atoms with van der Waals surface area (Å²) in [5, 5.41) is 3.50. The van der Waals surface area contributed by atoms with Crippen LogP contribution in [-0.4, -0.2) is 15.8 Å². The first-order valence-electron chi connectivity index (χ1n) is 5.88. The van der Waals surface area contributed by atoms with E-state index in [2.05, 4.69) is 20.0 Å². The first-order valence-corrected chi connectivity index (χ1v) is 5.88. The van der Waals surface area contributed by atoms with Gasteiger partial charge in [-0.3, -0.25) is 4.79 Å². The largest absolute Gasteiger partial charge is 0.368 e. The van der Waals surface area contributed by atoms with Crippen LogP contribution in [0, 0.1) is 0 Å². The molecule has 7 nitrogen and oxygen atoms in total. The smallest absolute Gasteiger partial charge is 0.220 e. The molecule has 0 saturated heterocycles. The van der Waals surface area contributed by atoms with Crippen LogP contribution in [0.1, 0.15) is 12.5 Å². The quantitative estimate of drug-likeness (QED) is 0.521. The third-order valence-corrected chi connectivity index (χ3v) is 2.61. The Morgan fingerprint density at radius 3 is 2.65 bits per heavy atom. The summed E-state index contributed by atoms with van der Waals surface area (Å²) in [4.78, 5) is 22.2. The first-order chi connectivity index (χ1) is 9.61. The van der Waals surface area contributed by atoms with E-state index in [1.54, 1.807) is 0 Å². The maximum absolute atomic E-state index is 11.4. The summed E-state index contributed by atoms with van der Waals surface area (Å²) in [7, 11) is 0. The number of aromatic nitrogens is 2. The Morgan fingerprint density at radius 1 is 1.35 bits per heavy atom. The summed E-state index contributed by atoms with van der Waals surface area (Å²) in [5.41, 5.74) is 16.0. The van der Waals surface area contributed by atoms with E-state index in [1.165, 1.54) is 6.92 Å². The van der Waals surface area contributed by atoms with Gasteiger partial charge in [0.25, 0.3) is 0 Å². The molecule has 0 fully saturated rings. The van der Waals surface area contributed by atoms with Crippen molar-refractivity contribution in [3.8, 4) is 11.3 Å². The molecule has 0 spiro atoms. The summed E-state index contributed by atoms with van der Waals surface area (Å²) >= 11 is 0. The normalized spacial score (nSPS) is 9.85. The number of carbonyl (C=O) groups is 1. The highest BCUT2D eigenvalue weighted by Crippen LogP contribution is 2.29. The second-order valence-electron chi connectivity index (χ2n) is 4.17. The van der Waals surface area contributed by atoms with Crippen molar-refractivity contribution in [2.45, 2.75) is 13.3 Å². The number of anilines is 1. The molecule has 7 heteroatoms. The van der Waals surface area contributed by atoms with Crippen molar-refractivity contribution in [3.63, 3.8) is 0 Å². The lowest BCUT2D eigenvalue weighted by Crippen LogP contribution is -2.05. The molecule has 1 aromatic carbocycles. The number of hydrogen-bond donors (Lipinski definition) is 1. The maximum atomic E-state index is 11.4. The Kier molecular flexibility index (Phi) is 3.93. The topological polar surface area (TPSA) is 118 Å². The number of rotatable bonds is 4. The van der Waals surface area contributed by atoms with Crippen molar-refractivity contribution < 1.29 is 4.79 Å². The van der Waals surface area contributed by atoms with E-state index in [9.17, 15) is 4.79 Å². The van der Waals surface area contributed by atoms with Gasteiger partial charge < -0.3 is 5.73 Å². The summed E-state index contributed by atoms with van der Waals surface area (Å²) < 4.78 is 0. The summed E-state index contributed by atoms with van der Waals surface area (Å²) in [6.07, 6.45) is 0.0822. The van der Waals surface area contributed by atoms with Gasteiger partial charge in [0, 0.05) is 22.5 Å². The number of ketones is 1. The summed E-state index contributed by atoms with van der Waals surface area (Å²) in [6.45, 7) is 1.45. The zero-order valence-corrected chi connectivity index (χ0v) is 10.8. The third-order valence-electron chi connectivity index (χ3n) is 2.61. The van der Waals surface area contributed by atoms with Crippen LogP contribution in [-0.2, 0) is 11.2 Å². The second kappa shape index (κ2) is 5.81. The van der Waals surface area contributed by atoms with Gasteiger partial charge in [0.05, 0.1) is 5.69 Å². The van der Waals surface area contributed by atoms with Gasteiger partial charge in [-0.05, 0) is 17.6 Å². The number of benzene rings is 1. The predicted molar refractivity (Wildman–Crippen MR) is 75.1 cm³/mol. The van der Waals surface area contributed by atoms with Gasteiger partial charge in [-0.15, -0.1) is 0 Å². The zero-order valence-electron chi connectivity index (χ0n) is 10.8. The van der Waals surface area contributed by atoms with Crippen LogP contribution in [0.2, 0.25) is 0 Å². The Balaban J connectivity index is 2.71. The monoisotopic (exact) mass is 268 g/mol. The van der Waals surface area contributed by atoms with Gasteiger partial charge in [-0.2, -0.15) is 0 Å². The number of carbonyl (C=O) groups excluding carboxylic acids is 1. The molecule has 20 heavy (non-hydrogen) atoms. The molecule has 0 amide bonds. The molecule has 0 atom stereocenters. The highest BCUT2D eigenvalue weighted by Gasteiger charge is 2.15. The highest BCUT2D eigenvalue weighted by atomic mass is 16.1. The summed E-state index contributed by atoms with van der Waals surface area (Å²) in [6, 6.07) is 9.24. The molecule has 2 aromatic rings. The van der Waals surface area contributed by atoms with Crippen molar-refractivity contribution in [2.24, 2.45) is 5.11 Å². The fourth-order valence-electron chi connectivity index (χ4n) is 1.86. The molecule has 0 unspecified atom stereocenters. The van der Waals surface area contributed by atoms with E-state index in [-0.39, 0.29) is 24.0 Å². The van der Waals surface area contributed by atoms with Gasteiger partial charge in [0.1, 0.15) is 11.6 Å². The van der Waals surface area contributed by atoms with Crippen LogP contribution in [0.25, 0.3) is 21.7 Å². The van der Waals surface area contributed by atoms with Crippen LogP contribution in [0.15, 0.2) is 35.4 Å². The molecule has 100 valence electrons. The summed E-state index contributed by atoms with van der Waals surface area (Å²) in [5.74, 6) is 0.0116. The van der Waals surface area contributed by atoms with Crippen LogP contribution in [0.4, 0.5) is 11.8 Å². The lowest BCUT2D eigenvalue weighted by molar-refractivity contribution is -0.116. The minimum atomic E-state index is -0.0788. The fraction of sp³-hybridized carbons (Fsp3) is 0.154. The van der Waals surface area contributed by atoms with Gasteiger partial charge in [-0.1, -0.05) is 30.3 Å². The van der Waals surface area contributed by atoms with E-state index >= 15 is 0 Å². The Bertz CT molecular complexity index is 692. The molecule has 0 aliphatic rings. The van der Waals surface area contributed by atoms with Crippen LogP contribution < -0.4 is 5.73 Å². The predicted octanol–water partition coefficient (Wildman–Crippen LogP) is 2.80. The molecule has 1 heterocycles. The molecule has 0 aliphatic heterocycles. The molecular formula is C13H12N6O. The van der Waals surface area contributed by atoms with E-state index < -0.39 is 0 Å². The maximum Gasteiger partial charge on any atom is 0.220 e. The van der Waals surface area contributed by atoms with Gasteiger partial charge in [0.15, 0.2) is 0 Å². The Hall–Kier alpha value is -2.92. The molecule has 0 bridgehead atoms. The SMILES string of the molecule is CC(=O)Cc1c(N=[N+]=[N-])nc(N)nc1-c1ccccc1. The number of nitrogens with zero attached hydrogens (tertiary/aromatic N) is 5. The number of nitrogens with two attached hydrogens (primary N) is 1. The van der Waals surface area contributed by atoms with E-state index in [0.717, 1.165) is 5.56 Å². The fourth-order valence-corrected chi connectivity index (χ4v) is 1.86. The molecular weight excluding hydrogens is 256 g/mol. The minimum Gasteiger partial charge on any atom is -0.368 e. The number of Topliss-reactive ketones (excluding diaryl/α,β-unsaturated/α-hetero) is 1. The molecule has 2 N–H and O–H groups in total. The Morgan fingerprint density at radius 2 is 2.05 bits per heavy atom. The standard InChI is InChI=1S/C13H12N6O/c1-8(20)7-10-11(9-5-3-2-4-6-9)16-13(14)17-12(10)18-19-15/h2-6H,7H2,1H3,(H2,14,16,17). The lowest BCUT2D eigenvalue weighted by atomic mass is 10.0. The molecule has 0 aliphatic carbocycles. The van der Waals surface area contributed by atoms with Crippen LogP contribution in [0.3, 0.4) is 0 Å². The van der Waals surface area contributed by atoms with Gasteiger partial charge in [0.2, 0.25) is 5.95 Å². The van der Waals surface area contributed by atoms with Crippen LogP contribution >= 0.6 is 0 Å². The molecule has 0 saturated carbocycles. The number of azide groups is 1. The first kappa shape index (κ1) is 13.5. The third kappa shape index (κ3) is 2.90. The Labute approximate surface area is 115 Å². The molecule has 2 rings (SSSR count). The highest BCUT2D eigenvalue weighted by molar-refractivity contribution is 5.83. The number of hydrogen-bond acceptors (Lipinski definition) is 5. The second-order valence-corrected chi connectivity index (χ2v) is 4.17. The van der Waals surface area contributed by atoms with Gasteiger partial charge >= 0.3 is 0 Å². The van der Waals surface area contributed by atoms with Crippen molar-refractivity contribution in [3.05, 3.63) is 46.3 Å². The van der Waals surface area contributed by atoms with Crippen molar-refractivity contribution >= 4 is 17.5 Å². The number of nitrogen functional groups attached to an aromatic ring is 1. The van der Waals surface area contributed by atoms with Crippen molar-refractivity contribution in [1.29, 1.82) is 0 Å². The van der Waals surface area contributed by atoms with Crippen molar-refractivity contribution in [2.75, 3.05) is 5.73 Å². The van der Waals surface area contributed by atoms with E-state index in [4.69, 9.17) is 11.3 Å². The van der Waals surface area contributed by atoms with Crippen molar-refractivity contribution in [1.82, 2.24) is 9.97 Å². The zero-order chi connectivity index (χ0) is 14.5. The lowest BCUT2D eigenvalue weighted by Gasteiger charge is -2.10. The molecule has 0 radical (unpaired) electrons. The minimum absolute atomic E-state index is 0.00134. The van der Waals surface area contributed by atoms with Gasteiger partial charge in [-0.25, -0.2) is 9.97 Å². The van der Waals surface area contributed by atoms with E-state index in [0.29, 0.717) is 11.3 Å². The average Bonchev–Trinajstić information content (AvgIpc) is 2.42.